The fourth-order valence-electron chi connectivity index (χ4n) is 1.88. The van der Waals surface area contributed by atoms with Crippen molar-refractivity contribution in [3.05, 3.63) is 47.5 Å². The van der Waals surface area contributed by atoms with E-state index in [1.807, 2.05) is 0 Å². The number of nitrogens with zero attached hydrogens (tertiary/aromatic N) is 2. The third kappa shape index (κ3) is 2.98. The Morgan fingerprint density at radius 1 is 1.27 bits per heavy atom. The van der Waals surface area contributed by atoms with Crippen LogP contribution in [0.25, 0.3) is 5.69 Å². The van der Waals surface area contributed by atoms with Crippen molar-refractivity contribution in [2.24, 2.45) is 0 Å². The first-order chi connectivity index (χ1) is 10.2. The van der Waals surface area contributed by atoms with Crippen LogP contribution in [0.4, 0.5) is 4.39 Å². The predicted molar refractivity (Wildman–Crippen MR) is 77.4 cm³/mol. The lowest BCUT2D eigenvalue weighted by Gasteiger charge is -2.20. The smallest absolute Gasteiger partial charge is 0.328 e. The Balaban J connectivity index is 2.30. The second-order valence-corrected chi connectivity index (χ2v) is 5.42. The van der Waals surface area contributed by atoms with Gasteiger partial charge in [0.1, 0.15) is 11.4 Å². The molecule has 0 aliphatic carbocycles. The van der Waals surface area contributed by atoms with Gasteiger partial charge in [-0.25, -0.2) is 13.9 Å². The van der Waals surface area contributed by atoms with Gasteiger partial charge in [-0.1, -0.05) is 0 Å². The molecular formula is C15H16FN3O3. The van der Waals surface area contributed by atoms with Crippen molar-refractivity contribution in [2.75, 3.05) is 0 Å². The summed E-state index contributed by atoms with van der Waals surface area (Å²) in [4.78, 5) is 23.3. The molecule has 0 aliphatic heterocycles. The Labute approximate surface area is 126 Å². The van der Waals surface area contributed by atoms with Crippen LogP contribution in [0.1, 0.15) is 29.9 Å². The molecule has 0 fully saturated rings. The first-order valence-electron chi connectivity index (χ1n) is 6.59. The van der Waals surface area contributed by atoms with Gasteiger partial charge in [0.05, 0.1) is 23.1 Å². The molecule has 116 valence electrons. The average molecular weight is 305 g/mol. The Morgan fingerprint density at radius 3 is 2.41 bits per heavy atom. The summed E-state index contributed by atoms with van der Waals surface area (Å²) in [5.74, 6) is -2.03. The molecule has 1 heterocycles. The normalized spacial score (nSPS) is 11.3. The lowest BCUT2D eigenvalue weighted by atomic mass is 10.1. The van der Waals surface area contributed by atoms with Gasteiger partial charge in [-0.15, -0.1) is 0 Å². The van der Waals surface area contributed by atoms with Gasteiger partial charge in [-0.05, 0) is 45.0 Å². The third-order valence-corrected chi connectivity index (χ3v) is 3.29. The quantitative estimate of drug-likeness (QED) is 0.903. The second kappa shape index (κ2) is 5.59. The number of aliphatic carboxylic acids is 1. The minimum Gasteiger partial charge on any atom is -0.480 e. The Hall–Kier alpha value is -2.70. The summed E-state index contributed by atoms with van der Waals surface area (Å²) in [6, 6.07) is 5.67. The fraction of sp³-hybridized carbons (Fsp3) is 0.267. The molecule has 0 spiro atoms. The van der Waals surface area contributed by atoms with Gasteiger partial charge in [0, 0.05) is 0 Å². The van der Waals surface area contributed by atoms with Crippen molar-refractivity contribution in [2.45, 2.75) is 26.3 Å². The number of benzene rings is 1. The van der Waals surface area contributed by atoms with Gasteiger partial charge in [0.15, 0.2) is 0 Å². The van der Waals surface area contributed by atoms with Gasteiger partial charge < -0.3 is 10.4 Å². The monoisotopic (exact) mass is 305 g/mol. The molecule has 0 bridgehead atoms. The summed E-state index contributed by atoms with van der Waals surface area (Å²) >= 11 is 0. The molecule has 1 aromatic heterocycles. The van der Waals surface area contributed by atoms with E-state index in [-0.39, 0.29) is 11.4 Å². The highest BCUT2D eigenvalue weighted by atomic mass is 19.1. The van der Waals surface area contributed by atoms with Crippen molar-refractivity contribution in [1.82, 2.24) is 15.1 Å². The van der Waals surface area contributed by atoms with Crippen molar-refractivity contribution < 1.29 is 19.1 Å². The van der Waals surface area contributed by atoms with Gasteiger partial charge in [0.2, 0.25) is 0 Å². The van der Waals surface area contributed by atoms with Crippen molar-refractivity contribution in [3.8, 4) is 5.69 Å². The Kier molecular flexibility index (Phi) is 3.99. The summed E-state index contributed by atoms with van der Waals surface area (Å²) in [5, 5.41) is 15.6. The molecule has 2 aromatic rings. The van der Waals surface area contributed by atoms with Crippen molar-refractivity contribution >= 4 is 11.9 Å². The zero-order valence-corrected chi connectivity index (χ0v) is 12.4. The molecule has 0 saturated heterocycles. The predicted octanol–water partition coefficient (Wildman–Crippen LogP) is 1.91. The van der Waals surface area contributed by atoms with Gasteiger partial charge in [-0.2, -0.15) is 5.10 Å². The first kappa shape index (κ1) is 15.7. The molecule has 2 rings (SSSR count). The summed E-state index contributed by atoms with van der Waals surface area (Å²) < 4.78 is 14.4. The first-order valence-corrected chi connectivity index (χ1v) is 6.59. The van der Waals surface area contributed by atoms with Crippen LogP contribution in [0.15, 0.2) is 30.5 Å². The number of aromatic nitrogens is 2. The maximum Gasteiger partial charge on any atom is 0.328 e. The zero-order chi connectivity index (χ0) is 16.5. The van der Waals surface area contributed by atoms with E-state index in [1.165, 1.54) is 49.0 Å². The number of carboxylic acid groups (broad SMARTS) is 1. The summed E-state index contributed by atoms with van der Waals surface area (Å²) in [5.41, 5.74) is 0.0148. The molecule has 6 nitrogen and oxygen atoms in total. The number of carbonyl (C=O) groups excluding carboxylic acids is 1. The molecule has 22 heavy (non-hydrogen) atoms. The van der Waals surface area contributed by atoms with E-state index in [0.717, 1.165) is 0 Å². The highest BCUT2D eigenvalue weighted by Crippen LogP contribution is 2.15. The fourth-order valence-corrected chi connectivity index (χ4v) is 1.88. The number of amides is 1. The number of nitrogens with one attached hydrogen (secondary N) is 1. The van der Waals surface area contributed by atoms with Crippen LogP contribution in [-0.2, 0) is 4.79 Å². The summed E-state index contributed by atoms with van der Waals surface area (Å²) in [7, 11) is 0. The number of rotatable bonds is 4. The van der Waals surface area contributed by atoms with E-state index in [1.54, 1.807) is 6.92 Å². The van der Waals surface area contributed by atoms with Crippen LogP contribution in [0.2, 0.25) is 0 Å². The van der Waals surface area contributed by atoms with Crippen molar-refractivity contribution in [1.29, 1.82) is 0 Å². The molecule has 0 saturated carbocycles. The Morgan fingerprint density at radius 2 is 1.86 bits per heavy atom. The molecule has 0 aliphatic rings. The van der Waals surface area contributed by atoms with E-state index in [4.69, 9.17) is 5.11 Å². The maximum atomic E-state index is 12.9. The van der Waals surface area contributed by atoms with Crippen LogP contribution in [0.3, 0.4) is 0 Å². The third-order valence-electron chi connectivity index (χ3n) is 3.29. The minimum atomic E-state index is -1.39. The topological polar surface area (TPSA) is 84.2 Å². The average Bonchev–Trinajstić information content (AvgIpc) is 2.81. The van der Waals surface area contributed by atoms with E-state index in [2.05, 4.69) is 10.4 Å². The number of carbonyl (C=O) groups is 2. The lowest BCUT2D eigenvalue weighted by Crippen LogP contribution is -2.49. The standard InChI is InChI=1S/C15H16FN3O3/c1-9-12(13(20)18-15(2,3)14(21)22)8-17-19(9)11-6-4-10(16)5-7-11/h4-8H,1-3H3,(H,18,20)(H,21,22). The molecule has 1 amide bonds. The number of carboxylic acids is 1. The molecule has 0 unspecified atom stereocenters. The summed E-state index contributed by atoms with van der Waals surface area (Å²) in [6.45, 7) is 4.47. The second-order valence-electron chi connectivity index (χ2n) is 5.42. The number of hydrogen-bond donors (Lipinski definition) is 2. The number of halogens is 1. The summed E-state index contributed by atoms with van der Waals surface area (Å²) in [6.07, 6.45) is 1.35. The lowest BCUT2D eigenvalue weighted by molar-refractivity contribution is -0.143. The zero-order valence-electron chi connectivity index (χ0n) is 12.4. The molecule has 7 heteroatoms. The molecule has 0 atom stereocenters. The van der Waals surface area contributed by atoms with Crippen LogP contribution >= 0.6 is 0 Å². The van der Waals surface area contributed by atoms with Gasteiger partial charge in [0.25, 0.3) is 5.91 Å². The van der Waals surface area contributed by atoms with Gasteiger partial charge >= 0.3 is 5.97 Å². The van der Waals surface area contributed by atoms with Crippen LogP contribution in [-0.4, -0.2) is 32.3 Å². The van der Waals surface area contributed by atoms with E-state index in [9.17, 15) is 14.0 Å². The van der Waals surface area contributed by atoms with E-state index in [0.29, 0.717) is 11.4 Å². The minimum absolute atomic E-state index is 0.263. The maximum absolute atomic E-state index is 12.9. The van der Waals surface area contributed by atoms with Crippen LogP contribution in [0.5, 0.6) is 0 Å². The highest BCUT2D eigenvalue weighted by molar-refractivity contribution is 5.98. The Bertz CT molecular complexity index is 720. The van der Waals surface area contributed by atoms with Crippen molar-refractivity contribution in [3.63, 3.8) is 0 Å². The van der Waals surface area contributed by atoms with Gasteiger partial charge in [-0.3, -0.25) is 4.79 Å². The largest absolute Gasteiger partial charge is 0.480 e. The SMILES string of the molecule is Cc1c(C(=O)NC(C)(C)C(=O)O)cnn1-c1ccc(F)cc1. The van der Waals surface area contributed by atoms with Crippen LogP contribution in [0, 0.1) is 12.7 Å². The van der Waals surface area contributed by atoms with Crippen LogP contribution < -0.4 is 5.32 Å². The molecule has 0 radical (unpaired) electrons. The van der Waals surface area contributed by atoms with E-state index >= 15 is 0 Å². The number of hydrogen-bond acceptors (Lipinski definition) is 3. The molecule has 2 N–H and O–H groups in total. The van der Waals surface area contributed by atoms with E-state index < -0.39 is 17.4 Å². The molecular weight excluding hydrogens is 289 g/mol. The highest BCUT2D eigenvalue weighted by Gasteiger charge is 2.30. The molecule has 1 aromatic carbocycles.